The van der Waals surface area contributed by atoms with Crippen molar-refractivity contribution in [3.8, 4) is 0 Å². The van der Waals surface area contributed by atoms with Gasteiger partial charge in [-0.2, -0.15) is 0 Å². The number of rotatable bonds is 3. The van der Waals surface area contributed by atoms with Crippen LogP contribution in [-0.4, -0.2) is 41.2 Å². The molecule has 0 aliphatic carbocycles. The second-order valence-electron chi connectivity index (χ2n) is 4.33. The summed E-state index contributed by atoms with van der Waals surface area (Å²) < 4.78 is 0. The smallest absolute Gasteiger partial charge is 0.125 e. The first-order valence-electron chi connectivity index (χ1n) is 5.81. The van der Waals surface area contributed by atoms with Crippen LogP contribution in [0, 0.1) is 0 Å². The Balaban J connectivity index is 1.97. The summed E-state index contributed by atoms with van der Waals surface area (Å²) >= 11 is 0. The minimum atomic E-state index is -0.153. The number of piperidine rings is 1. The molecule has 1 aliphatic heterocycles. The third-order valence-corrected chi connectivity index (χ3v) is 2.97. The summed E-state index contributed by atoms with van der Waals surface area (Å²) in [5.41, 5.74) is 1.24. The van der Waals surface area contributed by atoms with E-state index in [-0.39, 0.29) is 6.10 Å². The molecule has 0 saturated carbocycles. The van der Waals surface area contributed by atoms with E-state index in [0.29, 0.717) is 0 Å². The highest BCUT2D eigenvalue weighted by Crippen LogP contribution is 2.14. The number of nitrogens with zero attached hydrogens (tertiary/aromatic N) is 2. The van der Waals surface area contributed by atoms with E-state index in [2.05, 4.69) is 21.3 Å². The van der Waals surface area contributed by atoms with E-state index in [9.17, 15) is 5.11 Å². The summed E-state index contributed by atoms with van der Waals surface area (Å²) in [6.45, 7) is 2.76. The number of pyridine rings is 1. The lowest BCUT2D eigenvalue weighted by molar-refractivity contribution is 0.0668. The van der Waals surface area contributed by atoms with Crippen molar-refractivity contribution >= 4 is 5.82 Å². The van der Waals surface area contributed by atoms with Gasteiger partial charge in [0.05, 0.1) is 6.10 Å². The molecule has 1 saturated heterocycles. The maximum atomic E-state index is 9.59. The van der Waals surface area contributed by atoms with E-state index in [1.54, 1.807) is 0 Å². The zero-order valence-electron chi connectivity index (χ0n) is 9.69. The van der Waals surface area contributed by atoms with Crippen molar-refractivity contribution in [1.29, 1.82) is 0 Å². The first-order chi connectivity index (χ1) is 7.78. The van der Waals surface area contributed by atoms with Crippen molar-refractivity contribution in [1.82, 2.24) is 9.88 Å². The summed E-state index contributed by atoms with van der Waals surface area (Å²) in [7, 11) is 1.87. The highest BCUT2D eigenvalue weighted by Gasteiger charge is 2.17. The van der Waals surface area contributed by atoms with Gasteiger partial charge in [-0.25, -0.2) is 4.98 Å². The molecule has 0 radical (unpaired) electrons. The second-order valence-corrected chi connectivity index (χ2v) is 4.33. The van der Waals surface area contributed by atoms with Crippen LogP contribution in [0.2, 0.25) is 0 Å². The number of hydrogen-bond acceptors (Lipinski definition) is 4. The quantitative estimate of drug-likeness (QED) is 0.802. The topological polar surface area (TPSA) is 48.4 Å². The highest BCUT2D eigenvalue weighted by molar-refractivity contribution is 5.36. The lowest BCUT2D eigenvalue weighted by Gasteiger charge is -2.29. The third kappa shape index (κ3) is 2.93. The zero-order valence-corrected chi connectivity index (χ0v) is 9.69. The van der Waals surface area contributed by atoms with Crippen molar-refractivity contribution in [2.45, 2.75) is 25.5 Å². The van der Waals surface area contributed by atoms with Crippen molar-refractivity contribution < 1.29 is 5.11 Å². The molecular formula is C12H19N3O. The van der Waals surface area contributed by atoms with E-state index >= 15 is 0 Å². The Kier molecular flexibility index (Phi) is 3.74. The number of aliphatic hydroxyl groups excluding tert-OH is 1. The van der Waals surface area contributed by atoms with E-state index < -0.39 is 0 Å². The summed E-state index contributed by atoms with van der Waals surface area (Å²) in [6, 6.07) is 4.09. The lowest BCUT2D eigenvalue weighted by Crippen LogP contribution is -2.37. The molecule has 4 heteroatoms. The van der Waals surface area contributed by atoms with E-state index in [4.69, 9.17) is 0 Å². The zero-order chi connectivity index (χ0) is 11.4. The Bertz CT molecular complexity index is 343. The predicted molar refractivity (Wildman–Crippen MR) is 64.3 cm³/mol. The second kappa shape index (κ2) is 5.27. The van der Waals surface area contributed by atoms with Crippen LogP contribution in [0.15, 0.2) is 18.3 Å². The van der Waals surface area contributed by atoms with Gasteiger partial charge in [-0.15, -0.1) is 0 Å². The van der Waals surface area contributed by atoms with Crippen LogP contribution < -0.4 is 5.32 Å². The van der Waals surface area contributed by atoms with Gasteiger partial charge in [-0.05, 0) is 37.1 Å². The number of hydrogen-bond donors (Lipinski definition) is 2. The monoisotopic (exact) mass is 221 g/mol. The van der Waals surface area contributed by atoms with Crippen LogP contribution >= 0.6 is 0 Å². The molecule has 0 amide bonds. The molecule has 88 valence electrons. The molecule has 0 aromatic carbocycles. The Morgan fingerprint density at radius 1 is 1.62 bits per heavy atom. The number of β-amino-alcohol motifs (C(OH)–C–C–N with tert-alkyl or cyclic N) is 1. The van der Waals surface area contributed by atoms with Crippen LogP contribution in [0.3, 0.4) is 0 Å². The molecule has 1 atom stereocenters. The maximum absolute atomic E-state index is 9.59. The fourth-order valence-corrected chi connectivity index (χ4v) is 2.14. The molecule has 1 unspecified atom stereocenters. The van der Waals surface area contributed by atoms with Crippen LogP contribution in [0.1, 0.15) is 18.4 Å². The van der Waals surface area contributed by atoms with Gasteiger partial charge in [0.25, 0.3) is 0 Å². The number of nitrogens with one attached hydrogen (secondary N) is 1. The molecule has 2 N–H and O–H groups in total. The summed E-state index contributed by atoms with van der Waals surface area (Å²) in [4.78, 5) is 6.48. The standard InChI is InChI=1S/C12H19N3O/c1-13-12-7-10(4-5-14-12)8-15-6-2-3-11(16)9-15/h4-5,7,11,16H,2-3,6,8-9H2,1H3,(H,13,14). The fraction of sp³-hybridized carbons (Fsp3) is 0.583. The van der Waals surface area contributed by atoms with Gasteiger partial charge in [-0.1, -0.05) is 0 Å². The average molecular weight is 221 g/mol. The van der Waals surface area contributed by atoms with Gasteiger partial charge in [0.15, 0.2) is 0 Å². The van der Waals surface area contributed by atoms with Gasteiger partial charge < -0.3 is 10.4 Å². The number of aliphatic hydroxyl groups is 1. The number of anilines is 1. The maximum Gasteiger partial charge on any atom is 0.125 e. The van der Waals surface area contributed by atoms with Gasteiger partial charge >= 0.3 is 0 Å². The molecule has 1 aromatic rings. The normalized spacial score (nSPS) is 22.0. The Labute approximate surface area is 96.3 Å². The highest BCUT2D eigenvalue weighted by atomic mass is 16.3. The molecule has 16 heavy (non-hydrogen) atoms. The van der Waals surface area contributed by atoms with Crippen molar-refractivity contribution in [3.05, 3.63) is 23.9 Å². The lowest BCUT2D eigenvalue weighted by atomic mass is 10.1. The minimum absolute atomic E-state index is 0.153. The molecule has 2 heterocycles. The molecule has 1 fully saturated rings. The summed E-state index contributed by atoms with van der Waals surface area (Å²) in [5, 5.41) is 12.6. The van der Waals surface area contributed by atoms with E-state index in [1.807, 2.05) is 19.3 Å². The van der Waals surface area contributed by atoms with E-state index in [1.165, 1.54) is 5.56 Å². The van der Waals surface area contributed by atoms with Crippen LogP contribution in [0.5, 0.6) is 0 Å². The SMILES string of the molecule is CNc1cc(CN2CCCC(O)C2)ccn1. The largest absolute Gasteiger partial charge is 0.392 e. The summed E-state index contributed by atoms with van der Waals surface area (Å²) in [6.07, 6.45) is 3.70. The molecule has 2 rings (SSSR count). The number of aromatic nitrogens is 1. The first kappa shape index (κ1) is 11.4. The van der Waals surface area contributed by atoms with Crippen LogP contribution in [0.25, 0.3) is 0 Å². The van der Waals surface area contributed by atoms with Gasteiger partial charge in [0, 0.05) is 26.3 Å². The molecule has 0 spiro atoms. The third-order valence-electron chi connectivity index (χ3n) is 2.97. The summed E-state index contributed by atoms with van der Waals surface area (Å²) in [5.74, 6) is 0.898. The molecule has 4 nitrogen and oxygen atoms in total. The van der Waals surface area contributed by atoms with Gasteiger partial charge in [-0.3, -0.25) is 4.90 Å². The van der Waals surface area contributed by atoms with E-state index in [0.717, 1.165) is 38.3 Å². The molecular weight excluding hydrogens is 202 g/mol. The Hall–Kier alpha value is -1.13. The minimum Gasteiger partial charge on any atom is -0.392 e. The predicted octanol–water partition coefficient (Wildman–Crippen LogP) is 1.08. The molecule has 1 aromatic heterocycles. The Morgan fingerprint density at radius 3 is 3.25 bits per heavy atom. The molecule has 1 aliphatic rings. The van der Waals surface area contributed by atoms with Crippen molar-refractivity contribution in [2.75, 3.05) is 25.5 Å². The van der Waals surface area contributed by atoms with Crippen molar-refractivity contribution in [2.24, 2.45) is 0 Å². The van der Waals surface area contributed by atoms with Gasteiger partial charge in [0.2, 0.25) is 0 Å². The number of likely N-dealkylation sites (tertiary alicyclic amines) is 1. The first-order valence-corrected chi connectivity index (χ1v) is 5.81. The van der Waals surface area contributed by atoms with Crippen LogP contribution in [-0.2, 0) is 6.54 Å². The Morgan fingerprint density at radius 2 is 2.50 bits per heavy atom. The fourth-order valence-electron chi connectivity index (χ4n) is 2.14. The molecule has 0 bridgehead atoms. The van der Waals surface area contributed by atoms with Crippen molar-refractivity contribution in [3.63, 3.8) is 0 Å². The van der Waals surface area contributed by atoms with Crippen LogP contribution in [0.4, 0.5) is 5.82 Å². The average Bonchev–Trinajstić information content (AvgIpc) is 2.29. The van der Waals surface area contributed by atoms with Gasteiger partial charge in [0.1, 0.15) is 5.82 Å².